The lowest BCUT2D eigenvalue weighted by Gasteiger charge is -2.37. The van der Waals surface area contributed by atoms with Gasteiger partial charge in [-0.2, -0.15) is 5.10 Å². The molecule has 0 unspecified atom stereocenters. The lowest BCUT2D eigenvalue weighted by molar-refractivity contribution is -0.128. The van der Waals surface area contributed by atoms with Gasteiger partial charge in [0.2, 0.25) is 11.9 Å². The zero-order chi connectivity index (χ0) is 31.4. The Labute approximate surface area is 255 Å². The van der Waals surface area contributed by atoms with Crippen LogP contribution in [0.25, 0.3) is 11.1 Å². The monoisotopic (exact) mass is 605 g/mol. The fraction of sp³-hybridized carbons (Fsp3) is 0.419. The van der Waals surface area contributed by atoms with Crippen molar-refractivity contribution in [3.8, 4) is 11.1 Å². The third-order valence-corrected chi connectivity index (χ3v) is 8.11. The first kappa shape index (κ1) is 30.8. The first-order valence-electron chi connectivity index (χ1n) is 14.7. The molecule has 2 aromatic heterocycles. The van der Waals surface area contributed by atoms with E-state index in [0.717, 1.165) is 24.1 Å². The molecule has 0 spiro atoms. The van der Waals surface area contributed by atoms with Crippen LogP contribution in [0.1, 0.15) is 54.1 Å². The zero-order valence-electron chi connectivity index (χ0n) is 25.2. The second-order valence-corrected chi connectivity index (χ2v) is 11.2. The minimum absolute atomic E-state index is 0.0725. The Hall–Kier alpha value is -4.68. The van der Waals surface area contributed by atoms with Crippen molar-refractivity contribution in [1.29, 1.82) is 5.41 Å². The van der Waals surface area contributed by atoms with Crippen molar-refractivity contribution >= 4 is 29.7 Å². The summed E-state index contributed by atoms with van der Waals surface area (Å²) in [5.41, 5.74) is 4.50. The van der Waals surface area contributed by atoms with Gasteiger partial charge in [-0.1, -0.05) is 0 Å². The van der Waals surface area contributed by atoms with Crippen molar-refractivity contribution < 1.29 is 18.4 Å². The molecule has 1 aromatic carbocycles. The van der Waals surface area contributed by atoms with E-state index in [4.69, 9.17) is 0 Å². The first-order chi connectivity index (χ1) is 21.2. The second-order valence-electron chi connectivity index (χ2n) is 11.2. The molecule has 11 nitrogen and oxygen atoms in total. The third-order valence-electron chi connectivity index (χ3n) is 8.11. The van der Waals surface area contributed by atoms with Crippen molar-refractivity contribution in [3.63, 3.8) is 0 Å². The summed E-state index contributed by atoms with van der Waals surface area (Å²) >= 11 is 0. The van der Waals surface area contributed by atoms with E-state index < -0.39 is 6.43 Å². The van der Waals surface area contributed by atoms with Crippen LogP contribution in [0.4, 0.5) is 20.4 Å². The van der Waals surface area contributed by atoms with Gasteiger partial charge in [0, 0.05) is 100 Å². The number of benzene rings is 1. The number of carbonyl (C=O) groups excluding carboxylic acids is 2. The summed E-state index contributed by atoms with van der Waals surface area (Å²) in [7, 11) is 3.63. The molecule has 0 bridgehead atoms. The van der Waals surface area contributed by atoms with Crippen molar-refractivity contribution in [3.05, 3.63) is 64.9 Å². The number of hydrogen-bond donors (Lipinski definition) is 2. The van der Waals surface area contributed by atoms with Gasteiger partial charge in [-0.05, 0) is 42.5 Å². The Kier molecular flexibility index (Phi) is 9.31. The summed E-state index contributed by atoms with van der Waals surface area (Å²) in [4.78, 5) is 37.1. The van der Waals surface area contributed by atoms with Crippen LogP contribution in [0.2, 0.25) is 0 Å². The molecule has 5 rings (SSSR count). The molecule has 2 N–H and O–H groups in total. The molecule has 3 aromatic rings. The number of rotatable bonds is 10. The molecular formula is C31H37F2N9O2. The Morgan fingerprint density at radius 1 is 1.18 bits per heavy atom. The van der Waals surface area contributed by atoms with Crippen LogP contribution in [0.15, 0.2) is 48.2 Å². The molecule has 44 heavy (non-hydrogen) atoms. The predicted molar refractivity (Wildman–Crippen MR) is 164 cm³/mol. The number of aryl methyl sites for hydroxylation is 2. The van der Waals surface area contributed by atoms with Crippen LogP contribution >= 0.6 is 0 Å². The van der Waals surface area contributed by atoms with Crippen LogP contribution < -0.4 is 15.1 Å². The molecule has 0 saturated heterocycles. The molecule has 0 radical (unpaired) electrons. The number of nitrogens with one attached hydrogen (secondary N) is 2. The summed E-state index contributed by atoms with van der Waals surface area (Å²) in [6.45, 7) is 4.11. The zero-order valence-corrected chi connectivity index (χ0v) is 25.2. The Morgan fingerprint density at radius 2 is 1.95 bits per heavy atom. The summed E-state index contributed by atoms with van der Waals surface area (Å²) < 4.78 is 30.3. The number of nitrogens with zero attached hydrogens (tertiary/aromatic N) is 7. The van der Waals surface area contributed by atoms with Crippen molar-refractivity contribution in [2.24, 2.45) is 7.05 Å². The fourth-order valence-corrected chi connectivity index (χ4v) is 5.72. The smallest absolute Gasteiger partial charge is 0.264 e. The number of amidine groups is 1. The highest BCUT2D eigenvalue weighted by Gasteiger charge is 2.30. The van der Waals surface area contributed by atoms with E-state index in [1.165, 1.54) is 25.4 Å². The minimum atomic E-state index is -2.70. The second kappa shape index (κ2) is 13.3. The minimum Gasteiger partial charge on any atom is -0.388 e. The predicted octanol–water partition coefficient (Wildman–Crippen LogP) is 3.98. The molecule has 0 saturated carbocycles. The summed E-state index contributed by atoms with van der Waals surface area (Å²) in [5.74, 6) is 0.664. The van der Waals surface area contributed by atoms with Crippen LogP contribution in [0, 0.1) is 5.41 Å². The van der Waals surface area contributed by atoms with E-state index in [0.29, 0.717) is 79.2 Å². The molecule has 4 heterocycles. The lowest BCUT2D eigenvalue weighted by Crippen LogP contribution is -2.45. The molecule has 2 aliphatic heterocycles. The number of fused-ring (bicyclic) bond motifs is 1. The highest BCUT2D eigenvalue weighted by atomic mass is 19.3. The topological polar surface area (TPSA) is 123 Å². The van der Waals surface area contributed by atoms with Crippen molar-refractivity contribution in [2.45, 2.75) is 39.0 Å². The molecule has 2 aliphatic rings. The van der Waals surface area contributed by atoms with Gasteiger partial charge >= 0.3 is 0 Å². The SMILES string of the molecule is CC(=O)N1CCC(NCCCN(C)c2ncc(C=O)cn2)=C(C(=N)N2CCCc3cc(-c4cnn(C)c4)c(C(F)F)cc32)C1. The maximum absolute atomic E-state index is 14.4. The fourth-order valence-electron chi connectivity index (χ4n) is 5.72. The number of halogens is 2. The molecule has 0 atom stereocenters. The van der Waals surface area contributed by atoms with Gasteiger partial charge in [0.05, 0.1) is 18.3 Å². The number of anilines is 2. The molecule has 0 fully saturated rings. The summed E-state index contributed by atoms with van der Waals surface area (Å²) in [5, 5.41) is 17.0. The van der Waals surface area contributed by atoms with Gasteiger partial charge < -0.3 is 20.0 Å². The van der Waals surface area contributed by atoms with Gasteiger partial charge in [0.15, 0.2) is 6.29 Å². The molecule has 13 heteroatoms. The van der Waals surface area contributed by atoms with Crippen LogP contribution in [0.5, 0.6) is 0 Å². The maximum Gasteiger partial charge on any atom is 0.264 e. The van der Waals surface area contributed by atoms with E-state index in [1.807, 2.05) is 22.9 Å². The molecule has 0 aliphatic carbocycles. The lowest BCUT2D eigenvalue weighted by atomic mass is 9.92. The Balaban J connectivity index is 1.37. The number of aromatic nitrogens is 4. The van der Waals surface area contributed by atoms with E-state index in [-0.39, 0.29) is 23.9 Å². The number of carbonyl (C=O) groups is 2. The summed E-state index contributed by atoms with van der Waals surface area (Å²) in [6, 6.07) is 3.34. The number of amides is 1. The van der Waals surface area contributed by atoms with Crippen molar-refractivity contribution in [2.75, 3.05) is 49.6 Å². The van der Waals surface area contributed by atoms with Crippen molar-refractivity contribution in [1.82, 2.24) is 30.0 Å². The highest BCUT2D eigenvalue weighted by Crippen LogP contribution is 2.39. The van der Waals surface area contributed by atoms with E-state index >= 15 is 0 Å². The van der Waals surface area contributed by atoms with Crippen LogP contribution in [0.3, 0.4) is 0 Å². The molecule has 232 valence electrons. The Bertz CT molecular complexity index is 1570. The van der Waals surface area contributed by atoms with E-state index in [1.54, 1.807) is 29.0 Å². The molecular weight excluding hydrogens is 568 g/mol. The van der Waals surface area contributed by atoms with Crippen LogP contribution in [-0.4, -0.2) is 82.4 Å². The van der Waals surface area contributed by atoms with Gasteiger partial charge in [0.1, 0.15) is 5.84 Å². The van der Waals surface area contributed by atoms with Gasteiger partial charge in [0.25, 0.3) is 6.43 Å². The maximum atomic E-state index is 14.4. The normalized spacial score (nSPS) is 15.0. The Morgan fingerprint density at radius 3 is 2.61 bits per heavy atom. The average Bonchev–Trinajstić information content (AvgIpc) is 3.47. The van der Waals surface area contributed by atoms with Gasteiger partial charge in [-0.15, -0.1) is 0 Å². The number of aldehydes is 1. The third kappa shape index (κ3) is 6.61. The first-order valence-corrected chi connectivity index (χ1v) is 14.7. The highest BCUT2D eigenvalue weighted by molar-refractivity contribution is 6.09. The van der Waals surface area contributed by atoms with E-state index in [2.05, 4.69) is 20.4 Å². The average molecular weight is 606 g/mol. The number of hydrogen-bond acceptors (Lipinski definition) is 8. The summed E-state index contributed by atoms with van der Waals surface area (Å²) in [6.07, 6.45) is 7.09. The quantitative estimate of drug-likeness (QED) is 0.154. The largest absolute Gasteiger partial charge is 0.388 e. The van der Waals surface area contributed by atoms with Crippen LogP contribution in [-0.2, 0) is 18.3 Å². The van der Waals surface area contributed by atoms with Gasteiger partial charge in [-0.3, -0.25) is 19.7 Å². The van der Waals surface area contributed by atoms with E-state index in [9.17, 15) is 23.8 Å². The number of alkyl halides is 2. The molecule has 1 amide bonds. The standard InChI is InChI=1S/C31H37F2N9O2/c1-20(44)41-11-7-27(35-8-5-9-39(2)31-36-14-21(19-43)15-37-31)26(18-41)30(34)42-10-4-6-22-12-24(23-16-38-40(3)17-23)25(29(32)33)13-28(22)42/h12-17,19,29,34-35H,4-11,18H2,1-3H3. The van der Waals surface area contributed by atoms with Gasteiger partial charge in [-0.25, -0.2) is 18.7 Å².